The number of nitrogens with zero attached hydrogens (tertiary/aromatic N) is 2. The second kappa shape index (κ2) is 7.91. The van der Waals surface area contributed by atoms with Crippen molar-refractivity contribution >= 4 is 40.6 Å². The highest BCUT2D eigenvalue weighted by Crippen LogP contribution is 2.28. The molecule has 1 heterocycles. The van der Waals surface area contributed by atoms with Crippen LogP contribution in [-0.4, -0.2) is 50.8 Å². The smallest absolute Gasteiger partial charge is 0.326 e. The maximum Gasteiger partial charge on any atom is 0.326 e. The van der Waals surface area contributed by atoms with Crippen molar-refractivity contribution in [3.8, 4) is 0 Å². The maximum absolute atomic E-state index is 12.0. The Balaban J connectivity index is 1.52. The van der Waals surface area contributed by atoms with Crippen LogP contribution in [0.2, 0.25) is 0 Å². The van der Waals surface area contributed by atoms with Gasteiger partial charge in [-0.05, 0) is 36.4 Å². The van der Waals surface area contributed by atoms with Crippen LogP contribution in [-0.2, 0) is 19.1 Å². The third kappa shape index (κ3) is 4.01. The fraction of sp³-hybridized carbons (Fsp3) is 0.200. The van der Waals surface area contributed by atoms with E-state index in [9.17, 15) is 19.2 Å². The molecule has 1 aliphatic rings. The Hall–Kier alpha value is -3.68. The summed E-state index contributed by atoms with van der Waals surface area (Å²) in [7, 11) is 3.81. The predicted octanol–water partition coefficient (Wildman–Crippen LogP) is 1.46. The van der Waals surface area contributed by atoms with Gasteiger partial charge in [-0.2, -0.15) is 0 Å². The van der Waals surface area contributed by atoms with E-state index in [1.165, 1.54) is 6.07 Å². The lowest BCUT2D eigenvalue weighted by Gasteiger charge is -2.15. The van der Waals surface area contributed by atoms with Gasteiger partial charge in [-0.15, -0.1) is 0 Å². The van der Waals surface area contributed by atoms with Crippen molar-refractivity contribution in [3.05, 3.63) is 54.1 Å². The Labute approximate surface area is 161 Å². The molecule has 0 fully saturated rings. The van der Waals surface area contributed by atoms with Crippen LogP contribution in [0, 0.1) is 0 Å². The van der Waals surface area contributed by atoms with Crippen molar-refractivity contribution in [2.24, 2.45) is 0 Å². The van der Waals surface area contributed by atoms with Gasteiger partial charge in [0.2, 0.25) is 0 Å². The molecule has 0 aromatic heterocycles. The standard InChI is InChI=1S/C20H19N3O5/c1-22(2)14-9-7-13(8-10-14)21-17(24)12-28-18(25)11-23-16-6-4-3-5-15(16)19(26)20(23)27/h3-10H,11-12H2,1-2H3,(H,21,24). The highest BCUT2D eigenvalue weighted by Gasteiger charge is 2.36. The number of nitrogens with one attached hydrogen (secondary N) is 1. The summed E-state index contributed by atoms with van der Waals surface area (Å²) in [5, 5.41) is 2.62. The number of hydrogen-bond donors (Lipinski definition) is 1. The number of ketones is 1. The molecule has 2 aromatic rings. The van der Waals surface area contributed by atoms with Gasteiger partial charge in [-0.3, -0.25) is 24.1 Å². The van der Waals surface area contributed by atoms with Gasteiger partial charge in [-0.25, -0.2) is 0 Å². The zero-order valence-electron chi connectivity index (χ0n) is 15.5. The van der Waals surface area contributed by atoms with Crippen LogP contribution < -0.4 is 15.1 Å². The first-order valence-electron chi connectivity index (χ1n) is 8.55. The maximum atomic E-state index is 12.0. The molecule has 1 aliphatic heterocycles. The molecule has 0 aliphatic carbocycles. The van der Waals surface area contributed by atoms with Crippen molar-refractivity contribution in [3.63, 3.8) is 0 Å². The zero-order chi connectivity index (χ0) is 20.3. The third-order valence-electron chi connectivity index (χ3n) is 4.20. The Bertz CT molecular complexity index is 937. The first-order valence-corrected chi connectivity index (χ1v) is 8.55. The summed E-state index contributed by atoms with van der Waals surface area (Å²) in [6.07, 6.45) is 0. The number of carbonyl (C=O) groups excluding carboxylic acids is 4. The number of hydrogen-bond acceptors (Lipinski definition) is 6. The van der Waals surface area contributed by atoms with Gasteiger partial charge in [0.05, 0.1) is 11.3 Å². The van der Waals surface area contributed by atoms with Crippen LogP contribution in [0.3, 0.4) is 0 Å². The van der Waals surface area contributed by atoms with Gasteiger partial charge < -0.3 is 15.0 Å². The van der Waals surface area contributed by atoms with Crippen LogP contribution in [0.4, 0.5) is 17.1 Å². The molecule has 0 saturated heterocycles. The lowest BCUT2D eigenvalue weighted by Crippen LogP contribution is -2.36. The highest BCUT2D eigenvalue weighted by molar-refractivity contribution is 6.52. The van der Waals surface area contributed by atoms with Gasteiger partial charge >= 0.3 is 5.97 Å². The average molecular weight is 381 g/mol. The molecule has 0 bridgehead atoms. The SMILES string of the molecule is CN(C)c1ccc(NC(=O)COC(=O)CN2C(=O)C(=O)c3ccccc32)cc1. The monoisotopic (exact) mass is 381 g/mol. The molecule has 8 heteroatoms. The van der Waals surface area contributed by atoms with Gasteiger partial charge in [-0.1, -0.05) is 12.1 Å². The number of Topliss-reactive ketones (excluding diaryl/α,β-unsaturated/α-hetero) is 1. The molecule has 2 amide bonds. The van der Waals surface area contributed by atoms with E-state index < -0.39 is 36.7 Å². The number of anilines is 3. The Morgan fingerprint density at radius 1 is 1.04 bits per heavy atom. The van der Waals surface area contributed by atoms with Crippen molar-refractivity contribution in [1.29, 1.82) is 0 Å². The first-order chi connectivity index (χ1) is 13.4. The van der Waals surface area contributed by atoms with Crippen LogP contribution >= 0.6 is 0 Å². The van der Waals surface area contributed by atoms with E-state index in [1.54, 1.807) is 30.3 Å². The molecule has 0 saturated carbocycles. The lowest BCUT2D eigenvalue weighted by atomic mass is 10.1. The fourth-order valence-electron chi connectivity index (χ4n) is 2.77. The number of rotatable bonds is 6. The second-order valence-corrected chi connectivity index (χ2v) is 6.39. The summed E-state index contributed by atoms with van der Waals surface area (Å²) in [4.78, 5) is 50.9. The van der Waals surface area contributed by atoms with Gasteiger partial charge in [0.1, 0.15) is 6.54 Å². The number of benzene rings is 2. The number of ether oxygens (including phenoxy) is 1. The van der Waals surface area contributed by atoms with E-state index in [0.29, 0.717) is 11.4 Å². The van der Waals surface area contributed by atoms with E-state index in [0.717, 1.165) is 10.6 Å². The average Bonchev–Trinajstić information content (AvgIpc) is 2.92. The Kier molecular flexibility index (Phi) is 5.39. The second-order valence-electron chi connectivity index (χ2n) is 6.39. The van der Waals surface area contributed by atoms with Crippen LogP contribution in [0.25, 0.3) is 0 Å². The van der Waals surface area contributed by atoms with Gasteiger partial charge in [0.25, 0.3) is 17.6 Å². The summed E-state index contributed by atoms with van der Waals surface area (Å²) in [5.41, 5.74) is 2.16. The van der Waals surface area contributed by atoms with Crippen molar-refractivity contribution in [2.45, 2.75) is 0 Å². The molecule has 28 heavy (non-hydrogen) atoms. The summed E-state index contributed by atoms with van der Waals surface area (Å²) < 4.78 is 4.93. The summed E-state index contributed by atoms with van der Waals surface area (Å²) in [5.74, 6) is -2.74. The molecular formula is C20H19N3O5. The van der Waals surface area contributed by atoms with Crippen molar-refractivity contribution in [1.82, 2.24) is 0 Å². The molecule has 0 radical (unpaired) electrons. The predicted molar refractivity (Wildman–Crippen MR) is 103 cm³/mol. The normalized spacial score (nSPS) is 12.6. The third-order valence-corrected chi connectivity index (χ3v) is 4.20. The number of carbonyl (C=O) groups is 4. The minimum Gasteiger partial charge on any atom is -0.454 e. The molecule has 0 unspecified atom stereocenters. The van der Waals surface area contributed by atoms with Gasteiger partial charge in [0, 0.05) is 25.5 Å². The largest absolute Gasteiger partial charge is 0.454 e. The summed E-state index contributed by atoms with van der Waals surface area (Å²) >= 11 is 0. The molecule has 8 nitrogen and oxygen atoms in total. The molecule has 0 atom stereocenters. The molecular weight excluding hydrogens is 362 g/mol. The number of esters is 1. The lowest BCUT2D eigenvalue weighted by molar-refractivity contribution is -0.146. The minimum atomic E-state index is -0.788. The van der Waals surface area contributed by atoms with Crippen molar-refractivity contribution < 1.29 is 23.9 Å². The van der Waals surface area contributed by atoms with Crippen LogP contribution in [0.1, 0.15) is 10.4 Å². The minimum absolute atomic E-state index is 0.249. The molecule has 2 aromatic carbocycles. The van der Waals surface area contributed by atoms with E-state index in [4.69, 9.17) is 4.74 Å². The van der Waals surface area contributed by atoms with E-state index >= 15 is 0 Å². The van der Waals surface area contributed by atoms with Crippen LogP contribution in [0.15, 0.2) is 48.5 Å². The summed E-state index contributed by atoms with van der Waals surface area (Å²) in [6.45, 7) is -0.932. The quantitative estimate of drug-likeness (QED) is 0.601. The number of amides is 2. The number of para-hydroxylation sites is 1. The molecule has 3 rings (SSSR count). The summed E-state index contributed by atoms with van der Waals surface area (Å²) in [6, 6.07) is 13.6. The van der Waals surface area contributed by atoms with Crippen molar-refractivity contribution in [2.75, 3.05) is 42.4 Å². The van der Waals surface area contributed by atoms with E-state index in [2.05, 4.69) is 5.32 Å². The first kappa shape index (κ1) is 19.1. The Morgan fingerprint density at radius 3 is 2.39 bits per heavy atom. The highest BCUT2D eigenvalue weighted by atomic mass is 16.5. The van der Waals surface area contributed by atoms with E-state index in [1.807, 2.05) is 31.1 Å². The molecule has 1 N–H and O–H groups in total. The molecule has 0 spiro atoms. The van der Waals surface area contributed by atoms with Gasteiger partial charge in [0.15, 0.2) is 6.61 Å². The molecule has 144 valence electrons. The van der Waals surface area contributed by atoms with E-state index in [-0.39, 0.29) is 5.56 Å². The zero-order valence-corrected chi connectivity index (χ0v) is 15.5. The number of fused-ring (bicyclic) bond motifs is 1. The topological polar surface area (TPSA) is 96.0 Å². The Morgan fingerprint density at radius 2 is 1.71 bits per heavy atom. The fourth-order valence-corrected chi connectivity index (χ4v) is 2.77. The van der Waals surface area contributed by atoms with Crippen LogP contribution in [0.5, 0.6) is 0 Å².